The van der Waals surface area contributed by atoms with Crippen molar-refractivity contribution in [2.24, 2.45) is 5.73 Å². The lowest BCUT2D eigenvalue weighted by Gasteiger charge is -2.11. The number of carbonyl (C=O) groups excluding carboxylic acids is 1. The molecule has 0 spiro atoms. The number of amides is 2. The van der Waals surface area contributed by atoms with E-state index in [1.54, 1.807) is 24.5 Å². The second-order valence-corrected chi connectivity index (χ2v) is 7.93. The summed E-state index contributed by atoms with van der Waals surface area (Å²) in [6.07, 6.45) is 3.52. The van der Waals surface area contributed by atoms with Crippen LogP contribution < -0.4 is 22.1 Å². The number of urea groups is 1. The molecule has 5 rings (SSSR count). The second kappa shape index (κ2) is 9.24. The fourth-order valence-electron chi connectivity index (χ4n) is 4.00. The van der Waals surface area contributed by atoms with Crippen LogP contribution in [0.1, 0.15) is 5.56 Å². The highest BCUT2D eigenvalue weighted by molar-refractivity contribution is 6.08. The molecule has 7 N–H and O–H groups in total. The van der Waals surface area contributed by atoms with E-state index in [1.165, 1.54) is 18.2 Å². The zero-order valence-corrected chi connectivity index (χ0v) is 18.5. The molecule has 9 heteroatoms. The number of carbonyl (C=O) groups is 1. The molecule has 0 fully saturated rings. The van der Waals surface area contributed by atoms with Crippen molar-refractivity contribution in [1.82, 2.24) is 15.2 Å². The fraction of sp³-hybridized carbons (Fsp3) is 0.0385. The molecular weight excluding hydrogens is 445 g/mol. The van der Waals surface area contributed by atoms with Crippen molar-refractivity contribution in [1.29, 1.82) is 0 Å². The predicted octanol–water partition coefficient (Wildman–Crippen LogP) is 5.12. The normalized spacial score (nSPS) is 10.9. The number of aromatic nitrogens is 3. The summed E-state index contributed by atoms with van der Waals surface area (Å²) in [6, 6.07) is 19.0. The number of benzene rings is 3. The Hall–Kier alpha value is -4.76. The van der Waals surface area contributed by atoms with E-state index in [1.807, 2.05) is 36.4 Å². The van der Waals surface area contributed by atoms with Crippen molar-refractivity contribution in [3.63, 3.8) is 0 Å². The van der Waals surface area contributed by atoms with Gasteiger partial charge in [-0.3, -0.25) is 10.1 Å². The number of nitrogens with two attached hydrogens (primary N) is 2. The Kier molecular flexibility index (Phi) is 5.82. The van der Waals surface area contributed by atoms with Gasteiger partial charge in [-0.1, -0.05) is 30.3 Å². The highest BCUT2D eigenvalue weighted by Crippen LogP contribution is 2.37. The van der Waals surface area contributed by atoms with Crippen LogP contribution in [0.15, 0.2) is 79.1 Å². The molecule has 0 bridgehead atoms. The van der Waals surface area contributed by atoms with E-state index in [9.17, 15) is 9.18 Å². The quantitative estimate of drug-likeness (QED) is 0.245. The Morgan fingerprint density at radius 2 is 1.69 bits per heavy atom. The van der Waals surface area contributed by atoms with Gasteiger partial charge < -0.3 is 22.1 Å². The molecule has 8 nitrogen and oxygen atoms in total. The molecule has 0 aliphatic rings. The first kappa shape index (κ1) is 22.1. The van der Waals surface area contributed by atoms with Crippen LogP contribution in [0.4, 0.5) is 26.4 Å². The highest BCUT2D eigenvalue weighted by atomic mass is 19.1. The Morgan fingerprint density at radius 3 is 2.43 bits per heavy atom. The first-order chi connectivity index (χ1) is 17.0. The first-order valence-corrected chi connectivity index (χ1v) is 10.9. The maximum atomic E-state index is 13.6. The van der Waals surface area contributed by atoms with E-state index >= 15 is 0 Å². The molecule has 35 heavy (non-hydrogen) atoms. The molecule has 0 aliphatic heterocycles. The summed E-state index contributed by atoms with van der Waals surface area (Å²) in [7, 11) is 0. The minimum atomic E-state index is -0.449. The van der Waals surface area contributed by atoms with E-state index in [-0.39, 0.29) is 6.54 Å². The molecule has 3 aromatic carbocycles. The average Bonchev–Trinajstić information content (AvgIpc) is 3.27. The molecule has 0 aliphatic carbocycles. The molecule has 174 valence electrons. The number of nitrogens with zero attached hydrogens (tertiary/aromatic N) is 2. The van der Waals surface area contributed by atoms with Gasteiger partial charge in [-0.15, -0.1) is 0 Å². The topological polar surface area (TPSA) is 135 Å². The number of rotatable bonds is 5. The lowest BCUT2D eigenvalue weighted by molar-refractivity contribution is 0.262. The Labute approximate surface area is 200 Å². The number of H-pyrrole nitrogens is 1. The van der Waals surface area contributed by atoms with Crippen LogP contribution in [0.2, 0.25) is 0 Å². The third-order valence-corrected chi connectivity index (χ3v) is 5.70. The number of hydrogen-bond donors (Lipinski definition) is 5. The summed E-state index contributed by atoms with van der Waals surface area (Å²) in [6.45, 7) is 0.0437. The second-order valence-electron chi connectivity index (χ2n) is 7.93. The van der Waals surface area contributed by atoms with E-state index in [4.69, 9.17) is 11.5 Å². The highest BCUT2D eigenvalue weighted by Gasteiger charge is 2.15. The molecule has 2 aromatic heterocycles. The summed E-state index contributed by atoms with van der Waals surface area (Å²) in [5.41, 5.74) is 17.7. The van der Waals surface area contributed by atoms with Gasteiger partial charge in [-0.05, 0) is 47.5 Å². The van der Waals surface area contributed by atoms with Crippen molar-refractivity contribution >= 4 is 34.1 Å². The molecule has 2 amide bonds. The molecule has 0 radical (unpaired) electrons. The number of hydrogen-bond acceptors (Lipinski definition) is 5. The molecule has 2 heterocycles. The third-order valence-electron chi connectivity index (χ3n) is 5.70. The van der Waals surface area contributed by atoms with E-state index < -0.39 is 11.8 Å². The van der Waals surface area contributed by atoms with Gasteiger partial charge in [-0.25, -0.2) is 9.18 Å². The standard InChI is InChI=1S/C26H22FN7O/c27-22-10-7-19(12-17(22)13-28)32-26(35)31-18-5-3-15(4-6-18)20-8-9-21(16-2-1-11-30-14-16)24-23(20)25(29)34-33-24/h1-12,14H,13,28H2,(H3,29,33,34)(H2,31,32,35). The molecule has 0 atom stereocenters. The lowest BCUT2D eigenvalue weighted by atomic mass is 9.96. The van der Waals surface area contributed by atoms with Gasteiger partial charge in [0, 0.05) is 47.0 Å². The molecule has 0 saturated carbocycles. The summed E-state index contributed by atoms with van der Waals surface area (Å²) >= 11 is 0. The molecule has 5 aromatic rings. The lowest BCUT2D eigenvalue weighted by Crippen LogP contribution is -2.19. The van der Waals surface area contributed by atoms with Crippen LogP contribution in [0.25, 0.3) is 33.2 Å². The number of pyridine rings is 1. The molecular formula is C26H22FN7O. The van der Waals surface area contributed by atoms with Gasteiger partial charge in [0.2, 0.25) is 0 Å². The van der Waals surface area contributed by atoms with Crippen molar-refractivity contribution in [3.8, 4) is 22.3 Å². The van der Waals surface area contributed by atoms with Gasteiger partial charge in [0.05, 0.1) is 10.9 Å². The zero-order valence-electron chi connectivity index (χ0n) is 18.5. The van der Waals surface area contributed by atoms with Crippen LogP contribution in [-0.4, -0.2) is 21.2 Å². The maximum Gasteiger partial charge on any atom is 0.323 e. The molecule has 0 saturated heterocycles. The smallest absolute Gasteiger partial charge is 0.323 e. The predicted molar refractivity (Wildman–Crippen MR) is 136 cm³/mol. The van der Waals surface area contributed by atoms with Gasteiger partial charge in [0.1, 0.15) is 5.82 Å². The summed E-state index contributed by atoms with van der Waals surface area (Å²) in [5, 5.41) is 13.5. The first-order valence-electron chi connectivity index (χ1n) is 10.9. The van der Waals surface area contributed by atoms with Crippen LogP contribution in [0.3, 0.4) is 0 Å². The van der Waals surface area contributed by atoms with Crippen LogP contribution in [-0.2, 0) is 6.54 Å². The Morgan fingerprint density at radius 1 is 0.943 bits per heavy atom. The number of aromatic amines is 1. The molecule has 0 unspecified atom stereocenters. The average molecular weight is 468 g/mol. The minimum absolute atomic E-state index is 0.0437. The van der Waals surface area contributed by atoms with Gasteiger partial charge in [-0.2, -0.15) is 5.10 Å². The SMILES string of the molecule is NCc1cc(NC(=O)Nc2ccc(-c3ccc(-c4cccnc4)c4[nH]nc(N)c34)cc2)ccc1F. The Balaban J connectivity index is 1.38. The number of nitrogen functional groups attached to an aromatic ring is 1. The zero-order chi connectivity index (χ0) is 24.4. The largest absolute Gasteiger partial charge is 0.382 e. The number of anilines is 3. The van der Waals surface area contributed by atoms with Crippen molar-refractivity contribution in [3.05, 3.63) is 90.5 Å². The number of nitrogens with one attached hydrogen (secondary N) is 3. The van der Waals surface area contributed by atoms with Crippen LogP contribution >= 0.6 is 0 Å². The van der Waals surface area contributed by atoms with E-state index in [0.717, 1.165) is 33.2 Å². The van der Waals surface area contributed by atoms with Crippen molar-refractivity contribution in [2.45, 2.75) is 6.54 Å². The van der Waals surface area contributed by atoms with Crippen LogP contribution in [0, 0.1) is 5.82 Å². The van der Waals surface area contributed by atoms with Gasteiger partial charge in [0.25, 0.3) is 0 Å². The van der Waals surface area contributed by atoms with Crippen LogP contribution in [0.5, 0.6) is 0 Å². The summed E-state index contributed by atoms with van der Waals surface area (Å²) in [5.74, 6) is -0.00616. The Bertz CT molecular complexity index is 1510. The third kappa shape index (κ3) is 4.40. The maximum absolute atomic E-state index is 13.6. The van der Waals surface area contributed by atoms with Crippen molar-refractivity contribution in [2.75, 3.05) is 16.4 Å². The van der Waals surface area contributed by atoms with E-state index in [0.29, 0.717) is 22.8 Å². The number of fused-ring (bicyclic) bond motifs is 1. The minimum Gasteiger partial charge on any atom is -0.382 e. The van der Waals surface area contributed by atoms with Gasteiger partial charge in [0.15, 0.2) is 5.82 Å². The number of halogens is 1. The summed E-state index contributed by atoms with van der Waals surface area (Å²) in [4.78, 5) is 16.6. The summed E-state index contributed by atoms with van der Waals surface area (Å²) < 4.78 is 13.6. The van der Waals surface area contributed by atoms with Crippen molar-refractivity contribution < 1.29 is 9.18 Å². The monoisotopic (exact) mass is 467 g/mol. The van der Waals surface area contributed by atoms with E-state index in [2.05, 4.69) is 25.8 Å². The van der Waals surface area contributed by atoms with Gasteiger partial charge >= 0.3 is 6.03 Å². The fourth-order valence-corrected chi connectivity index (χ4v) is 4.00.